The molecule has 2 atom stereocenters. The zero-order chi connectivity index (χ0) is 12.8. The molecule has 0 spiro atoms. The molecule has 0 radical (unpaired) electrons. The third-order valence-corrected chi connectivity index (χ3v) is 3.25. The van der Waals surface area contributed by atoms with Crippen molar-refractivity contribution in [1.29, 1.82) is 0 Å². The number of aromatic nitrogens is 1. The first-order valence-corrected chi connectivity index (χ1v) is 7.46. The molecule has 6 heteroatoms. The zero-order valence-corrected chi connectivity index (χ0v) is 11.6. The van der Waals surface area contributed by atoms with Gasteiger partial charge in [-0.1, -0.05) is 18.3 Å². The van der Waals surface area contributed by atoms with E-state index in [0.717, 1.165) is 12.2 Å². The summed E-state index contributed by atoms with van der Waals surface area (Å²) in [6.07, 6.45) is 2.54. The number of nitrogens with two attached hydrogens (primary N) is 1. The number of anilines is 1. The predicted molar refractivity (Wildman–Crippen MR) is 76.8 cm³/mol. The molecule has 0 saturated heterocycles. The highest BCUT2D eigenvalue weighted by molar-refractivity contribution is 7.84. The van der Waals surface area contributed by atoms with E-state index in [0.29, 0.717) is 11.4 Å². The summed E-state index contributed by atoms with van der Waals surface area (Å²) < 4.78 is 11.0. The highest BCUT2D eigenvalue weighted by Gasteiger charge is 2.05. The SMILES string of the molecule is CC(CCS(C)=O)Nc1cccc(C(N)=S)n1. The molecule has 17 heavy (non-hydrogen) atoms. The molecule has 2 unspecified atom stereocenters. The van der Waals surface area contributed by atoms with Crippen molar-refractivity contribution < 1.29 is 4.21 Å². The minimum atomic E-state index is -0.757. The molecule has 1 rings (SSSR count). The monoisotopic (exact) mass is 271 g/mol. The van der Waals surface area contributed by atoms with E-state index >= 15 is 0 Å². The van der Waals surface area contributed by atoms with Crippen LogP contribution in [0, 0.1) is 0 Å². The average Bonchev–Trinajstić information content (AvgIpc) is 2.26. The van der Waals surface area contributed by atoms with Crippen molar-refractivity contribution in [2.75, 3.05) is 17.3 Å². The summed E-state index contributed by atoms with van der Waals surface area (Å²) in [5, 5.41) is 3.23. The zero-order valence-electron chi connectivity index (χ0n) is 9.97. The van der Waals surface area contributed by atoms with Crippen LogP contribution in [-0.2, 0) is 10.8 Å². The Bertz CT molecular complexity index is 423. The smallest absolute Gasteiger partial charge is 0.126 e. The van der Waals surface area contributed by atoms with Crippen LogP contribution in [0.3, 0.4) is 0 Å². The maximum atomic E-state index is 11.0. The molecule has 0 aliphatic rings. The molecule has 3 N–H and O–H groups in total. The van der Waals surface area contributed by atoms with Gasteiger partial charge in [-0.3, -0.25) is 4.21 Å². The molecule has 0 amide bonds. The normalized spacial score (nSPS) is 14.0. The fourth-order valence-electron chi connectivity index (χ4n) is 1.32. The second kappa shape index (κ2) is 6.66. The number of pyridine rings is 1. The number of nitrogens with one attached hydrogen (secondary N) is 1. The average molecular weight is 271 g/mol. The van der Waals surface area contributed by atoms with Crippen LogP contribution in [0.1, 0.15) is 19.0 Å². The van der Waals surface area contributed by atoms with Crippen LogP contribution >= 0.6 is 12.2 Å². The van der Waals surface area contributed by atoms with Gasteiger partial charge in [0, 0.05) is 28.9 Å². The van der Waals surface area contributed by atoms with Crippen molar-refractivity contribution in [2.45, 2.75) is 19.4 Å². The van der Waals surface area contributed by atoms with Gasteiger partial charge in [-0.2, -0.15) is 0 Å². The Morgan fingerprint density at radius 2 is 2.35 bits per heavy atom. The Morgan fingerprint density at radius 3 is 2.94 bits per heavy atom. The topological polar surface area (TPSA) is 68.0 Å². The fourth-order valence-corrected chi connectivity index (χ4v) is 2.12. The van der Waals surface area contributed by atoms with E-state index in [1.807, 2.05) is 19.1 Å². The van der Waals surface area contributed by atoms with E-state index in [9.17, 15) is 4.21 Å². The van der Waals surface area contributed by atoms with Gasteiger partial charge < -0.3 is 11.1 Å². The van der Waals surface area contributed by atoms with Crippen LogP contribution in [-0.4, -0.2) is 32.2 Å². The first-order valence-electron chi connectivity index (χ1n) is 5.32. The number of hydrogen-bond acceptors (Lipinski definition) is 4. The maximum Gasteiger partial charge on any atom is 0.126 e. The van der Waals surface area contributed by atoms with Crippen molar-refractivity contribution in [2.24, 2.45) is 5.73 Å². The second-order valence-corrected chi connectivity index (χ2v) is 5.88. The van der Waals surface area contributed by atoms with Gasteiger partial charge in [-0.25, -0.2) is 4.98 Å². The van der Waals surface area contributed by atoms with Gasteiger partial charge in [0.05, 0.1) is 5.69 Å². The van der Waals surface area contributed by atoms with Crippen LogP contribution in [0.5, 0.6) is 0 Å². The standard InChI is InChI=1S/C11H17N3OS2/c1-8(6-7-17(2)15)13-10-5-3-4-9(14-10)11(12)16/h3-5,8H,6-7H2,1-2H3,(H2,12,16)(H,13,14). The molecule has 1 aromatic heterocycles. The van der Waals surface area contributed by atoms with Crippen LogP contribution in [0.25, 0.3) is 0 Å². The lowest BCUT2D eigenvalue weighted by atomic mass is 10.2. The Hall–Kier alpha value is -1.01. The van der Waals surface area contributed by atoms with E-state index in [-0.39, 0.29) is 11.0 Å². The van der Waals surface area contributed by atoms with E-state index in [1.165, 1.54) is 0 Å². The highest BCUT2D eigenvalue weighted by Crippen LogP contribution is 2.08. The van der Waals surface area contributed by atoms with Crippen molar-refractivity contribution in [3.05, 3.63) is 23.9 Å². The minimum Gasteiger partial charge on any atom is -0.388 e. The largest absolute Gasteiger partial charge is 0.388 e. The quantitative estimate of drug-likeness (QED) is 0.763. The third-order valence-electron chi connectivity index (χ3n) is 2.23. The molecular formula is C11H17N3OS2. The van der Waals surface area contributed by atoms with Gasteiger partial charge in [-0.15, -0.1) is 0 Å². The van der Waals surface area contributed by atoms with E-state index in [1.54, 1.807) is 12.3 Å². The maximum absolute atomic E-state index is 11.0. The summed E-state index contributed by atoms with van der Waals surface area (Å²) in [6.45, 7) is 2.03. The first kappa shape index (κ1) is 14.1. The Kier molecular flexibility index (Phi) is 5.50. The predicted octanol–water partition coefficient (Wildman–Crippen LogP) is 1.28. The molecule has 1 heterocycles. The van der Waals surface area contributed by atoms with Crippen LogP contribution < -0.4 is 11.1 Å². The van der Waals surface area contributed by atoms with Gasteiger partial charge in [0.15, 0.2) is 0 Å². The van der Waals surface area contributed by atoms with Crippen molar-refractivity contribution in [3.8, 4) is 0 Å². The molecule has 0 bridgehead atoms. The molecule has 4 nitrogen and oxygen atoms in total. The van der Waals surface area contributed by atoms with Crippen molar-refractivity contribution in [3.63, 3.8) is 0 Å². The summed E-state index contributed by atoms with van der Waals surface area (Å²) in [5.74, 6) is 1.42. The van der Waals surface area contributed by atoms with E-state index < -0.39 is 10.8 Å². The lowest BCUT2D eigenvalue weighted by molar-refractivity contribution is 0.678. The first-order chi connectivity index (χ1) is 7.99. The molecule has 0 aliphatic carbocycles. The molecule has 0 aromatic carbocycles. The summed E-state index contributed by atoms with van der Waals surface area (Å²) >= 11 is 4.87. The van der Waals surface area contributed by atoms with E-state index in [4.69, 9.17) is 18.0 Å². The molecule has 0 fully saturated rings. The van der Waals surface area contributed by atoms with Crippen LogP contribution in [0.4, 0.5) is 5.82 Å². The minimum absolute atomic E-state index is 0.216. The number of rotatable bonds is 6. The summed E-state index contributed by atoms with van der Waals surface area (Å²) in [6, 6.07) is 5.71. The van der Waals surface area contributed by atoms with Crippen LogP contribution in [0.2, 0.25) is 0 Å². The molecule has 1 aromatic rings. The number of thiocarbonyl (C=S) groups is 1. The molecular weight excluding hydrogens is 254 g/mol. The molecule has 0 saturated carbocycles. The Labute approximate surface area is 109 Å². The summed E-state index contributed by atoms with van der Waals surface area (Å²) in [7, 11) is -0.757. The Morgan fingerprint density at radius 1 is 1.65 bits per heavy atom. The third kappa shape index (κ3) is 5.23. The van der Waals surface area contributed by atoms with Crippen molar-refractivity contribution in [1.82, 2.24) is 4.98 Å². The lowest BCUT2D eigenvalue weighted by Crippen LogP contribution is -2.20. The van der Waals surface area contributed by atoms with Gasteiger partial charge >= 0.3 is 0 Å². The van der Waals surface area contributed by atoms with E-state index in [2.05, 4.69) is 10.3 Å². The Balaban J connectivity index is 2.58. The second-order valence-electron chi connectivity index (χ2n) is 3.88. The molecule has 0 aliphatic heterocycles. The van der Waals surface area contributed by atoms with Gasteiger partial charge in [0.25, 0.3) is 0 Å². The summed E-state index contributed by atoms with van der Waals surface area (Å²) in [5.41, 5.74) is 6.12. The molecule has 94 valence electrons. The lowest BCUT2D eigenvalue weighted by Gasteiger charge is -2.14. The van der Waals surface area contributed by atoms with Crippen molar-refractivity contribution >= 4 is 33.8 Å². The van der Waals surface area contributed by atoms with Gasteiger partial charge in [0.1, 0.15) is 10.8 Å². The number of hydrogen-bond donors (Lipinski definition) is 2. The van der Waals surface area contributed by atoms with Crippen LogP contribution in [0.15, 0.2) is 18.2 Å². The fraction of sp³-hybridized carbons (Fsp3) is 0.455. The van der Waals surface area contributed by atoms with Gasteiger partial charge in [0.2, 0.25) is 0 Å². The number of nitrogens with zero attached hydrogens (tertiary/aromatic N) is 1. The highest BCUT2D eigenvalue weighted by atomic mass is 32.2. The summed E-state index contributed by atoms with van der Waals surface area (Å²) in [4.78, 5) is 4.57. The van der Waals surface area contributed by atoms with Gasteiger partial charge in [-0.05, 0) is 25.5 Å².